The van der Waals surface area contributed by atoms with E-state index in [1.165, 1.54) is 13.8 Å². The Morgan fingerprint density at radius 1 is 1.26 bits per heavy atom. The summed E-state index contributed by atoms with van der Waals surface area (Å²) in [6, 6.07) is 0. The van der Waals surface area contributed by atoms with Gasteiger partial charge in [-0.05, 0) is 13.8 Å². The van der Waals surface area contributed by atoms with Crippen molar-refractivity contribution in [2.75, 3.05) is 20.8 Å². The van der Waals surface area contributed by atoms with Gasteiger partial charge in [-0.25, -0.2) is 0 Å². The number of methoxy groups -OCH3 is 2. The molecule has 0 aromatic carbocycles. The molecule has 1 aliphatic heterocycles. The van der Waals surface area contributed by atoms with Crippen molar-refractivity contribution in [3.05, 3.63) is 10.1 Å². The summed E-state index contributed by atoms with van der Waals surface area (Å²) in [4.78, 5) is 35.2. The molecule has 0 aromatic heterocycles. The average Bonchev–Trinajstić information content (AvgIpc) is 2.82. The molecule has 9 heteroatoms. The van der Waals surface area contributed by atoms with E-state index in [9.17, 15) is 19.7 Å². The summed E-state index contributed by atoms with van der Waals surface area (Å²) in [6.07, 6.45) is -0.839. The number of nitro groups is 1. The van der Waals surface area contributed by atoms with Crippen LogP contribution >= 0.6 is 0 Å². The van der Waals surface area contributed by atoms with Crippen molar-refractivity contribution in [1.82, 2.24) is 0 Å². The van der Waals surface area contributed by atoms with Crippen molar-refractivity contribution in [3.8, 4) is 0 Å². The van der Waals surface area contributed by atoms with Crippen LogP contribution in [0.4, 0.5) is 0 Å². The molecule has 2 atom stereocenters. The van der Waals surface area contributed by atoms with Crippen LogP contribution in [0.5, 0.6) is 0 Å². The second-order valence-corrected chi connectivity index (χ2v) is 6.33. The Morgan fingerprint density at radius 2 is 1.74 bits per heavy atom. The normalized spacial score (nSPS) is 21.8. The first kappa shape index (κ1) is 19.3. The third-order valence-corrected chi connectivity index (χ3v) is 3.99. The lowest BCUT2D eigenvalue weighted by atomic mass is 9.74. The Morgan fingerprint density at radius 3 is 2.04 bits per heavy atom. The topological polar surface area (TPSA) is 114 Å². The Balaban J connectivity index is 3.34. The molecule has 0 radical (unpaired) electrons. The lowest BCUT2D eigenvalue weighted by Crippen LogP contribution is -2.54. The van der Waals surface area contributed by atoms with Gasteiger partial charge >= 0.3 is 11.9 Å². The fourth-order valence-corrected chi connectivity index (χ4v) is 2.73. The van der Waals surface area contributed by atoms with E-state index in [0.717, 1.165) is 14.2 Å². The van der Waals surface area contributed by atoms with Crippen LogP contribution in [-0.4, -0.2) is 55.1 Å². The van der Waals surface area contributed by atoms with Crippen LogP contribution in [0.2, 0.25) is 0 Å². The molecule has 0 amide bonds. The van der Waals surface area contributed by atoms with Crippen LogP contribution in [0.15, 0.2) is 0 Å². The largest absolute Gasteiger partial charge is 0.468 e. The SMILES string of the molecule is COC(=O)C(C(=O)OC)[C@H]([C@H]1COC(C)(C)O1)C(C)(C)[N+](=O)[O-]. The van der Waals surface area contributed by atoms with Crippen molar-refractivity contribution in [2.45, 2.75) is 45.1 Å². The van der Waals surface area contributed by atoms with E-state index in [-0.39, 0.29) is 6.61 Å². The number of rotatable bonds is 6. The minimum atomic E-state index is -1.65. The number of nitrogens with zero attached hydrogens (tertiary/aromatic N) is 1. The summed E-state index contributed by atoms with van der Waals surface area (Å²) in [6.45, 7) is 5.96. The fraction of sp³-hybridized carbons (Fsp3) is 0.857. The Bertz CT molecular complexity index is 471. The van der Waals surface area contributed by atoms with Crippen molar-refractivity contribution in [3.63, 3.8) is 0 Å². The summed E-state index contributed by atoms with van der Waals surface area (Å²) in [5, 5.41) is 11.5. The van der Waals surface area contributed by atoms with Gasteiger partial charge in [0.2, 0.25) is 5.54 Å². The van der Waals surface area contributed by atoms with Gasteiger partial charge in [0.1, 0.15) is 0 Å². The Hall–Kier alpha value is -1.74. The molecule has 0 unspecified atom stereocenters. The second kappa shape index (κ2) is 6.79. The molecule has 0 aromatic rings. The molecule has 1 heterocycles. The highest BCUT2D eigenvalue weighted by Gasteiger charge is 2.58. The highest BCUT2D eigenvalue weighted by molar-refractivity contribution is 5.95. The Kier molecular flexibility index (Phi) is 5.70. The van der Waals surface area contributed by atoms with Crippen molar-refractivity contribution >= 4 is 11.9 Å². The molecule has 0 saturated carbocycles. The third-order valence-electron chi connectivity index (χ3n) is 3.99. The zero-order valence-electron chi connectivity index (χ0n) is 14.2. The summed E-state index contributed by atoms with van der Waals surface area (Å²) < 4.78 is 20.4. The number of carbonyl (C=O) groups excluding carboxylic acids is 2. The first-order valence-corrected chi connectivity index (χ1v) is 7.10. The molecule has 0 bridgehead atoms. The molecule has 1 rings (SSSR count). The van der Waals surface area contributed by atoms with E-state index < -0.39 is 46.1 Å². The van der Waals surface area contributed by atoms with E-state index in [2.05, 4.69) is 9.47 Å². The smallest absolute Gasteiger partial charge is 0.320 e. The lowest BCUT2D eigenvalue weighted by molar-refractivity contribution is -0.575. The molecule has 1 aliphatic rings. The first-order chi connectivity index (χ1) is 10.5. The number of esters is 2. The third kappa shape index (κ3) is 3.97. The molecular weight excluding hydrogens is 310 g/mol. The van der Waals surface area contributed by atoms with E-state index in [1.54, 1.807) is 13.8 Å². The van der Waals surface area contributed by atoms with Gasteiger partial charge < -0.3 is 18.9 Å². The van der Waals surface area contributed by atoms with E-state index in [4.69, 9.17) is 9.47 Å². The number of ether oxygens (including phenoxy) is 4. The fourth-order valence-electron chi connectivity index (χ4n) is 2.73. The van der Waals surface area contributed by atoms with Crippen LogP contribution in [0.25, 0.3) is 0 Å². The molecular formula is C14H23NO8. The summed E-state index contributed by atoms with van der Waals surface area (Å²) in [7, 11) is 2.20. The maximum atomic E-state index is 12.1. The van der Waals surface area contributed by atoms with Gasteiger partial charge in [-0.2, -0.15) is 0 Å². The summed E-state index contributed by atoms with van der Waals surface area (Å²) >= 11 is 0. The van der Waals surface area contributed by atoms with E-state index in [0.29, 0.717) is 0 Å². The van der Waals surface area contributed by atoms with Gasteiger partial charge in [0.05, 0.1) is 32.8 Å². The van der Waals surface area contributed by atoms with Crippen LogP contribution in [0.3, 0.4) is 0 Å². The highest BCUT2D eigenvalue weighted by atomic mass is 16.7. The Labute approximate surface area is 134 Å². The van der Waals surface area contributed by atoms with Crippen LogP contribution in [-0.2, 0) is 28.5 Å². The van der Waals surface area contributed by atoms with Crippen LogP contribution in [0, 0.1) is 22.0 Å². The maximum absolute atomic E-state index is 12.1. The van der Waals surface area contributed by atoms with Gasteiger partial charge in [-0.1, -0.05) is 0 Å². The zero-order chi connectivity index (χ0) is 18.0. The molecule has 0 N–H and O–H groups in total. The molecule has 1 fully saturated rings. The minimum absolute atomic E-state index is 0.0133. The first-order valence-electron chi connectivity index (χ1n) is 7.10. The molecule has 132 valence electrons. The maximum Gasteiger partial charge on any atom is 0.320 e. The monoisotopic (exact) mass is 333 g/mol. The van der Waals surface area contributed by atoms with Crippen molar-refractivity contribution in [1.29, 1.82) is 0 Å². The lowest BCUT2D eigenvalue weighted by Gasteiger charge is -2.34. The molecule has 0 spiro atoms. The van der Waals surface area contributed by atoms with Crippen molar-refractivity contribution < 1.29 is 33.5 Å². The average molecular weight is 333 g/mol. The van der Waals surface area contributed by atoms with Crippen LogP contribution in [0.1, 0.15) is 27.7 Å². The van der Waals surface area contributed by atoms with E-state index >= 15 is 0 Å². The standard InChI is InChI=1S/C14H23NO8/c1-13(2,15(18)19)10(8-7-22-14(3,4)23-8)9(11(16)20-5)12(17)21-6/h8-10H,7H2,1-6H3/t8-,10+/m1/s1. The van der Waals surface area contributed by atoms with Gasteiger partial charge in [-0.3, -0.25) is 19.7 Å². The second-order valence-electron chi connectivity index (χ2n) is 6.33. The highest BCUT2D eigenvalue weighted by Crippen LogP contribution is 2.39. The molecule has 0 aliphatic carbocycles. The number of hydrogen-bond acceptors (Lipinski definition) is 8. The summed E-state index contributed by atoms with van der Waals surface area (Å²) in [5.74, 6) is -5.41. The van der Waals surface area contributed by atoms with Gasteiger partial charge in [0.15, 0.2) is 11.7 Å². The van der Waals surface area contributed by atoms with Gasteiger partial charge in [-0.15, -0.1) is 0 Å². The number of carbonyl (C=O) groups is 2. The molecule has 9 nitrogen and oxygen atoms in total. The van der Waals surface area contributed by atoms with Gasteiger partial charge in [0.25, 0.3) is 0 Å². The molecule has 1 saturated heterocycles. The van der Waals surface area contributed by atoms with Crippen LogP contribution < -0.4 is 0 Å². The van der Waals surface area contributed by atoms with Crippen molar-refractivity contribution in [2.24, 2.45) is 11.8 Å². The summed E-state index contributed by atoms with van der Waals surface area (Å²) in [5.41, 5.74) is -1.65. The van der Waals surface area contributed by atoms with E-state index in [1.807, 2.05) is 0 Å². The molecule has 23 heavy (non-hydrogen) atoms. The van der Waals surface area contributed by atoms with Gasteiger partial charge in [0, 0.05) is 18.8 Å². The zero-order valence-corrected chi connectivity index (χ0v) is 14.2. The minimum Gasteiger partial charge on any atom is -0.468 e. The number of hydrogen-bond donors (Lipinski definition) is 0. The predicted molar refractivity (Wildman–Crippen MR) is 77.0 cm³/mol. The predicted octanol–water partition coefficient (Wildman–Crippen LogP) is 0.772. The quantitative estimate of drug-likeness (QED) is 0.303.